The Kier molecular flexibility index (Phi) is 4.73. The minimum Gasteiger partial charge on any atom is -0.309 e. The van der Waals surface area contributed by atoms with Crippen molar-refractivity contribution in [1.82, 2.24) is 5.32 Å². The van der Waals surface area contributed by atoms with E-state index in [0.717, 1.165) is 5.56 Å². The highest BCUT2D eigenvalue weighted by Crippen LogP contribution is 2.27. The largest absolute Gasteiger partial charge is 0.309 e. The zero-order chi connectivity index (χ0) is 15.6. The predicted molar refractivity (Wildman–Crippen MR) is 82.5 cm³/mol. The summed E-state index contributed by atoms with van der Waals surface area (Å²) in [7, 11) is 1.75. The number of aryl methyl sites for hydroxylation is 1. The van der Waals surface area contributed by atoms with Gasteiger partial charge in [0.15, 0.2) is 0 Å². The third-order valence-corrected chi connectivity index (χ3v) is 3.81. The number of benzene rings is 2. The van der Waals surface area contributed by atoms with Crippen LogP contribution in [0.5, 0.6) is 0 Å². The highest BCUT2D eigenvalue weighted by Gasteiger charge is 2.18. The Morgan fingerprint density at radius 1 is 0.905 bits per heavy atom. The van der Waals surface area contributed by atoms with E-state index in [1.807, 2.05) is 24.3 Å². The number of hydrogen-bond acceptors (Lipinski definition) is 1. The number of halogens is 2. The minimum atomic E-state index is -0.388. The van der Waals surface area contributed by atoms with Gasteiger partial charge in [0, 0.05) is 5.56 Å². The molecule has 0 aliphatic heterocycles. The summed E-state index contributed by atoms with van der Waals surface area (Å²) in [5.74, 6) is -0.327. The summed E-state index contributed by atoms with van der Waals surface area (Å²) in [6, 6.07) is 10.2. The summed E-state index contributed by atoms with van der Waals surface area (Å²) in [6.45, 7) is 5.81. The Hall–Kier alpha value is -1.74. The molecule has 1 N–H and O–H groups in total. The Labute approximate surface area is 125 Å². The SMILES string of the molecule is CNC(c1ccc(C(C)C)cc1)c1cc(F)c(C)cc1F. The van der Waals surface area contributed by atoms with E-state index in [0.29, 0.717) is 17.0 Å². The van der Waals surface area contributed by atoms with Crippen LogP contribution < -0.4 is 5.32 Å². The first-order valence-corrected chi connectivity index (χ1v) is 7.16. The van der Waals surface area contributed by atoms with E-state index >= 15 is 0 Å². The van der Waals surface area contributed by atoms with Gasteiger partial charge in [0.2, 0.25) is 0 Å². The van der Waals surface area contributed by atoms with E-state index in [1.54, 1.807) is 14.0 Å². The van der Waals surface area contributed by atoms with E-state index in [9.17, 15) is 8.78 Å². The van der Waals surface area contributed by atoms with Crippen molar-refractivity contribution in [3.63, 3.8) is 0 Å². The van der Waals surface area contributed by atoms with Gasteiger partial charge in [-0.2, -0.15) is 0 Å². The van der Waals surface area contributed by atoms with Gasteiger partial charge < -0.3 is 5.32 Å². The lowest BCUT2D eigenvalue weighted by Gasteiger charge is -2.19. The zero-order valence-electron chi connectivity index (χ0n) is 12.9. The molecule has 0 heterocycles. The second-order valence-electron chi connectivity index (χ2n) is 5.67. The molecule has 0 aromatic heterocycles. The minimum absolute atomic E-state index is 0.321. The Morgan fingerprint density at radius 3 is 2.00 bits per heavy atom. The highest BCUT2D eigenvalue weighted by molar-refractivity contribution is 5.36. The molecule has 0 radical (unpaired) electrons. The van der Waals surface area contributed by atoms with Gasteiger partial charge >= 0.3 is 0 Å². The smallest absolute Gasteiger partial charge is 0.128 e. The second kappa shape index (κ2) is 6.35. The summed E-state index contributed by atoms with van der Waals surface area (Å²) in [6.07, 6.45) is 0. The van der Waals surface area contributed by atoms with Gasteiger partial charge in [-0.15, -0.1) is 0 Å². The Balaban J connectivity index is 2.42. The number of nitrogens with one attached hydrogen (secondary N) is 1. The zero-order valence-corrected chi connectivity index (χ0v) is 12.9. The van der Waals surface area contributed by atoms with Gasteiger partial charge in [-0.3, -0.25) is 0 Å². The van der Waals surface area contributed by atoms with Crippen LogP contribution in [0.2, 0.25) is 0 Å². The molecule has 0 spiro atoms. The molecule has 0 aliphatic rings. The molecule has 112 valence electrons. The fourth-order valence-electron chi connectivity index (χ4n) is 2.46. The van der Waals surface area contributed by atoms with Crippen LogP contribution in [-0.2, 0) is 0 Å². The van der Waals surface area contributed by atoms with Crippen LogP contribution in [0.25, 0.3) is 0 Å². The van der Waals surface area contributed by atoms with Gasteiger partial charge in [-0.05, 0) is 48.7 Å². The molecule has 0 aliphatic carbocycles. The van der Waals surface area contributed by atoms with Crippen LogP contribution in [0.4, 0.5) is 8.78 Å². The molecule has 2 aromatic rings. The van der Waals surface area contributed by atoms with Gasteiger partial charge in [0.05, 0.1) is 6.04 Å². The van der Waals surface area contributed by atoms with E-state index in [-0.39, 0.29) is 17.7 Å². The van der Waals surface area contributed by atoms with Crippen LogP contribution in [0.3, 0.4) is 0 Å². The molecule has 0 saturated carbocycles. The van der Waals surface area contributed by atoms with Crippen molar-refractivity contribution < 1.29 is 8.78 Å². The van der Waals surface area contributed by atoms with Crippen molar-refractivity contribution in [3.05, 3.63) is 70.3 Å². The lowest BCUT2D eigenvalue weighted by molar-refractivity contribution is 0.553. The maximum Gasteiger partial charge on any atom is 0.128 e. The van der Waals surface area contributed by atoms with Crippen LogP contribution in [0, 0.1) is 18.6 Å². The average molecular weight is 289 g/mol. The van der Waals surface area contributed by atoms with Crippen LogP contribution >= 0.6 is 0 Å². The molecule has 1 nitrogen and oxygen atoms in total. The molecule has 2 aromatic carbocycles. The lowest BCUT2D eigenvalue weighted by atomic mass is 9.94. The predicted octanol–water partition coefficient (Wildman–Crippen LogP) is 4.71. The normalized spacial score (nSPS) is 12.7. The van der Waals surface area contributed by atoms with E-state index in [4.69, 9.17) is 0 Å². The Bertz CT molecular complexity index is 618. The van der Waals surface area contributed by atoms with Gasteiger partial charge in [0.1, 0.15) is 11.6 Å². The lowest BCUT2D eigenvalue weighted by Crippen LogP contribution is -2.19. The quantitative estimate of drug-likeness (QED) is 0.860. The van der Waals surface area contributed by atoms with Crippen molar-refractivity contribution in [2.24, 2.45) is 0 Å². The molecule has 1 unspecified atom stereocenters. The topological polar surface area (TPSA) is 12.0 Å². The monoisotopic (exact) mass is 289 g/mol. The van der Waals surface area contributed by atoms with Crippen LogP contribution in [-0.4, -0.2) is 7.05 Å². The van der Waals surface area contributed by atoms with Gasteiger partial charge in [-0.1, -0.05) is 38.1 Å². The first kappa shape index (κ1) is 15.6. The van der Waals surface area contributed by atoms with E-state index in [1.165, 1.54) is 17.7 Å². The first-order chi connectivity index (χ1) is 9.93. The molecule has 1 atom stereocenters. The van der Waals surface area contributed by atoms with Crippen LogP contribution in [0.15, 0.2) is 36.4 Å². The molecule has 0 fully saturated rings. The molecular weight excluding hydrogens is 268 g/mol. The fraction of sp³-hybridized carbons (Fsp3) is 0.333. The number of hydrogen-bond donors (Lipinski definition) is 1. The third-order valence-electron chi connectivity index (χ3n) is 3.81. The van der Waals surface area contributed by atoms with Crippen molar-refractivity contribution in [1.29, 1.82) is 0 Å². The Morgan fingerprint density at radius 2 is 1.48 bits per heavy atom. The standard InChI is InChI=1S/C18H21F2N/c1-11(2)13-5-7-14(8-6-13)18(21-4)15-10-16(19)12(3)9-17(15)20/h5-11,18,21H,1-4H3. The molecule has 0 amide bonds. The van der Waals surface area contributed by atoms with E-state index in [2.05, 4.69) is 19.2 Å². The summed E-state index contributed by atoms with van der Waals surface area (Å²) in [4.78, 5) is 0. The summed E-state index contributed by atoms with van der Waals surface area (Å²) in [5, 5.41) is 3.06. The van der Waals surface area contributed by atoms with Crippen molar-refractivity contribution in [3.8, 4) is 0 Å². The second-order valence-corrected chi connectivity index (χ2v) is 5.67. The molecule has 21 heavy (non-hydrogen) atoms. The maximum absolute atomic E-state index is 14.2. The van der Waals surface area contributed by atoms with Crippen LogP contribution in [0.1, 0.15) is 48.1 Å². The van der Waals surface area contributed by atoms with Crippen molar-refractivity contribution in [2.75, 3.05) is 7.05 Å². The molecule has 2 rings (SSSR count). The maximum atomic E-state index is 14.2. The molecular formula is C18H21F2N. The summed E-state index contributed by atoms with van der Waals surface area (Å²) >= 11 is 0. The molecule has 0 bridgehead atoms. The molecule has 3 heteroatoms. The summed E-state index contributed by atoms with van der Waals surface area (Å²) < 4.78 is 27.9. The first-order valence-electron chi connectivity index (χ1n) is 7.16. The van der Waals surface area contributed by atoms with Gasteiger partial charge in [-0.25, -0.2) is 8.78 Å². The average Bonchev–Trinajstić information content (AvgIpc) is 2.45. The number of rotatable bonds is 4. The summed E-state index contributed by atoms with van der Waals surface area (Å²) in [5.41, 5.74) is 2.80. The third kappa shape index (κ3) is 3.30. The van der Waals surface area contributed by atoms with Gasteiger partial charge in [0.25, 0.3) is 0 Å². The molecule has 0 saturated heterocycles. The van der Waals surface area contributed by atoms with Crippen molar-refractivity contribution >= 4 is 0 Å². The highest BCUT2D eigenvalue weighted by atomic mass is 19.1. The fourth-order valence-corrected chi connectivity index (χ4v) is 2.46. The van der Waals surface area contributed by atoms with Crippen molar-refractivity contribution in [2.45, 2.75) is 32.7 Å². The van der Waals surface area contributed by atoms with E-state index < -0.39 is 0 Å².